The molecule has 3 rings (SSSR count). The molecule has 0 amide bonds. The molecule has 1 aromatic carbocycles. The number of aliphatic hydroxyl groups is 1. The second-order valence-electron chi connectivity index (χ2n) is 9.06. The first-order valence-corrected chi connectivity index (χ1v) is 13.6. The fourth-order valence-electron chi connectivity index (χ4n) is 3.73. The smallest absolute Gasteiger partial charge is 0.459 e. The van der Waals surface area contributed by atoms with E-state index >= 15 is 0 Å². The summed E-state index contributed by atoms with van der Waals surface area (Å²) in [5.74, 6) is -0.758. The highest BCUT2D eigenvalue weighted by Gasteiger charge is 2.55. The number of halogens is 1. The quantitative estimate of drug-likeness (QED) is 0.115. The molecule has 1 aliphatic heterocycles. The van der Waals surface area contributed by atoms with Crippen molar-refractivity contribution in [2.24, 2.45) is 5.11 Å². The predicted octanol–water partition coefficient (Wildman–Crippen LogP) is 2.65. The molecule has 3 N–H and O–H groups in total. The summed E-state index contributed by atoms with van der Waals surface area (Å²) in [6.45, 7) is 5.39. The molecular weight excluding hydrogens is 559 g/mol. The van der Waals surface area contributed by atoms with Gasteiger partial charge in [-0.25, -0.2) is 9.36 Å². The van der Waals surface area contributed by atoms with Crippen LogP contribution in [0.5, 0.6) is 5.75 Å². The van der Waals surface area contributed by atoms with Gasteiger partial charge in [0.1, 0.15) is 23.4 Å². The van der Waals surface area contributed by atoms with Gasteiger partial charge in [-0.05, 0) is 45.4 Å². The fraction of sp³-hybridized carbons (Fsp3) is 0.500. The summed E-state index contributed by atoms with van der Waals surface area (Å²) in [6, 6.07) is 5.99. The third-order valence-corrected chi connectivity index (χ3v) is 7.58. The number of aliphatic hydroxyl groups excluding tert-OH is 1. The van der Waals surface area contributed by atoms with E-state index in [1.54, 1.807) is 26.0 Å². The molecule has 0 saturated carbocycles. The molecule has 1 saturated heterocycles. The van der Waals surface area contributed by atoms with Crippen molar-refractivity contribution in [3.8, 4) is 5.75 Å². The van der Waals surface area contributed by atoms with Gasteiger partial charge in [0.25, 0.3) is 5.56 Å². The summed E-state index contributed by atoms with van der Waals surface area (Å²) in [5.41, 5.74) is 5.82. The average molecular weight is 587 g/mol. The molecule has 1 aliphatic rings. The van der Waals surface area contributed by atoms with Gasteiger partial charge in [-0.2, -0.15) is 5.09 Å². The van der Waals surface area contributed by atoms with E-state index in [1.807, 2.05) is 0 Å². The van der Waals surface area contributed by atoms with Gasteiger partial charge in [0.15, 0.2) is 6.23 Å². The Labute approximate surface area is 227 Å². The number of aromatic amines is 1. The average Bonchev–Trinajstić information content (AvgIpc) is 3.09. The molecule has 17 heteroatoms. The zero-order valence-electron chi connectivity index (χ0n) is 21.4. The van der Waals surface area contributed by atoms with Crippen molar-refractivity contribution in [2.45, 2.75) is 63.8 Å². The highest BCUT2D eigenvalue weighted by Crippen LogP contribution is 2.48. The number of ether oxygens (including phenoxy) is 2. The highest BCUT2D eigenvalue weighted by atomic mass is 35.5. The maximum atomic E-state index is 13.8. The largest absolute Gasteiger partial charge is 0.462 e. The molecule has 0 aliphatic carbocycles. The summed E-state index contributed by atoms with van der Waals surface area (Å²) in [6.07, 6.45) is -3.60. The van der Waals surface area contributed by atoms with Crippen LogP contribution in [0.25, 0.3) is 10.4 Å². The number of benzene rings is 1. The molecule has 0 radical (unpaired) electrons. The first-order chi connectivity index (χ1) is 18.3. The van der Waals surface area contributed by atoms with Crippen molar-refractivity contribution in [3.05, 3.63) is 72.8 Å². The second kappa shape index (κ2) is 12.3. The molecule has 1 aromatic heterocycles. The maximum absolute atomic E-state index is 13.8. The number of hydrogen-bond acceptors (Lipinski definition) is 10. The summed E-state index contributed by atoms with van der Waals surface area (Å²) in [4.78, 5) is 41.1. The number of para-hydroxylation sites is 1. The Bertz CT molecular complexity index is 1410. The summed E-state index contributed by atoms with van der Waals surface area (Å²) >= 11 is 6.14. The van der Waals surface area contributed by atoms with Crippen LogP contribution >= 0.6 is 19.3 Å². The lowest BCUT2D eigenvalue weighted by Gasteiger charge is -2.28. The number of carbonyl (C=O) groups excluding carboxylic acids is 1. The molecule has 212 valence electrons. The SMILES string of the molecule is CC(C)OC(=O)[C@H](C)NP(=O)(OC[C@H]1O[C@@H](n2ccc(=O)[nH]c2=O)[C@](C)(N=[N+]=[N-])[C@@H]1O)Oc1ccccc1Cl. The van der Waals surface area contributed by atoms with Crippen LogP contribution in [0.1, 0.15) is 33.9 Å². The van der Waals surface area contributed by atoms with Crippen LogP contribution in [0.15, 0.2) is 51.2 Å². The van der Waals surface area contributed by atoms with Gasteiger partial charge in [-0.1, -0.05) is 28.8 Å². The molecular formula is C22H28ClN6O9P. The number of H-pyrrole nitrogens is 1. The normalized spacial score (nSPS) is 24.9. The van der Waals surface area contributed by atoms with Crippen molar-refractivity contribution < 1.29 is 33.0 Å². The lowest BCUT2D eigenvalue weighted by molar-refractivity contribution is -0.149. The van der Waals surface area contributed by atoms with Crippen LogP contribution in [0.4, 0.5) is 0 Å². The van der Waals surface area contributed by atoms with Crippen LogP contribution in [-0.4, -0.2) is 57.1 Å². The van der Waals surface area contributed by atoms with E-state index in [2.05, 4.69) is 20.1 Å². The zero-order valence-corrected chi connectivity index (χ0v) is 23.0. The van der Waals surface area contributed by atoms with E-state index in [0.717, 1.165) is 16.8 Å². The molecule has 39 heavy (non-hydrogen) atoms. The van der Waals surface area contributed by atoms with E-state index in [0.29, 0.717) is 0 Å². The second-order valence-corrected chi connectivity index (χ2v) is 11.2. The summed E-state index contributed by atoms with van der Waals surface area (Å²) in [7, 11) is -4.41. The number of esters is 1. The number of nitrogens with zero attached hydrogens (tertiary/aromatic N) is 4. The van der Waals surface area contributed by atoms with Crippen LogP contribution < -0.4 is 20.9 Å². The molecule has 1 fully saturated rings. The Morgan fingerprint density at radius 1 is 1.36 bits per heavy atom. The first kappa shape index (κ1) is 30.4. The molecule has 6 atom stereocenters. The van der Waals surface area contributed by atoms with Gasteiger partial charge in [0.2, 0.25) is 0 Å². The summed E-state index contributed by atoms with van der Waals surface area (Å²) in [5, 5.41) is 17.2. The Kier molecular flexibility index (Phi) is 9.62. The molecule has 1 unspecified atom stereocenters. The highest BCUT2D eigenvalue weighted by molar-refractivity contribution is 7.52. The van der Waals surface area contributed by atoms with Crippen LogP contribution in [0, 0.1) is 0 Å². The van der Waals surface area contributed by atoms with Crippen molar-refractivity contribution in [1.29, 1.82) is 0 Å². The van der Waals surface area contributed by atoms with E-state index in [-0.39, 0.29) is 10.8 Å². The number of azide groups is 1. The lowest BCUT2D eigenvalue weighted by atomic mass is 9.93. The molecule has 0 spiro atoms. The number of rotatable bonds is 11. The van der Waals surface area contributed by atoms with E-state index in [9.17, 15) is 24.1 Å². The Morgan fingerprint density at radius 3 is 2.67 bits per heavy atom. The monoisotopic (exact) mass is 586 g/mol. The Morgan fingerprint density at radius 2 is 2.05 bits per heavy atom. The third-order valence-electron chi connectivity index (χ3n) is 5.64. The number of aromatic nitrogens is 2. The molecule has 0 bridgehead atoms. The fourth-order valence-corrected chi connectivity index (χ4v) is 5.48. The third kappa shape index (κ3) is 7.08. The van der Waals surface area contributed by atoms with Gasteiger partial charge in [-0.3, -0.25) is 23.7 Å². The minimum atomic E-state index is -4.41. The maximum Gasteiger partial charge on any atom is 0.459 e. The van der Waals surface area contributed by atoms with Crippen LogP contribution in [0.2, 0.25) is 5.02 Å². The number of nitrogens with one attached hydrogen (secondary N) is 2. The predicted molar refractivity (Wildman–Crippen MR) is 138 cm³/mol. The van der Waals surface area contributed by atoms with E-state index in [1.165, 1.54) is 26.0 Å². The van der Waals surface area contributed by atoms with Crippen molar-refractivity contribution in [3.63, 3.8) is 0 Å². The minimum absolute atomic E-state index is 0.0242. The molecule has 2 aromatic rings. The van der Waals surface area contributed by atoms with Crippen molar-refractivity contribution >= 4 is 25.3 Å². The van der Waals surface area contributed by atoms with E-state index < -0.39 is 67.7 Å². The Hall–Kier alpha value is -3.16. The lowest BCUT2D eigenvalue weighted by Crippen LogP contribution is -2.45. The first-order valence-electron chi connectivity index (χ1n) is 11.7. The van der Waals surface area contributed by atoms with Crippen molar-refractivity contribution in [1.82, 2.24) is 14.6 Å². The van der Waals surface area contributed by atoms with Gasteiger partial charge in [0, 0.05) is 17.2 Å². The Balaban J connectivity index is 1.89. The van der Waals surface area contributed by atoms with Crippen LogP contribution in [0.3, 0.4) is 0 Å². The minimum Gasteiger partial charge on any atom is -0.462 e. The van der Waals surface area contributed by atoms with E-state index in [4.69, 9.17) is 35.7 Å². The molecule has 15 nitrogen and oxygen atoms in total. The van der Waals surface area contributed by atoms with Gasteiger partial charge >= 0.3 is 19.4 Å². The number of carbonyl (C=O) groups is 1. The van der Waals surface area contributed by atoms with Gasteiger partial charge in [0.05, 0.1) is 23.8 Å². The zero-order chi connectivity index (χ0) is 29.0. The van der Waals surface area contributed by atoms with Gasteiger partial charge in [-0.15, -0.1) is 0 Å². The summed E-state index contributed by atoms with van der Waals surface area (Å²) < 4.78 is 36.8. The number of hydrogen-bond donors (Lipinski definition) is 3. The topological polar surface area (TPSA) is 207 Å². The van der Waals surface area contributed by atoms with Crippen molar-refractivity contribution in [2.75, 3.05) is 6.61 Å². The standard InChI is InChI=1S/C22H28ClN6O9P/c1-12(2)36-19(32)13(3)26-39(34,38-15-8-6-5-7-14(15)23)35-11-16-18(31)22(4,27-28-24)20(37-16)29-10-9-17(30)25-21(29)33/h5-10,12-13,16,18,20,31H,11H2,1-4H3,(H,26,34)(H,25,30,33)/t13-,16+,18+,20+,22+,39?/m0/s1. The van der Waals surface area contributed by atoms with Crippen LogP contribution in [-0.2, 0) is 23.4 Å². The van der Waals surface area contributed by atoms with Gasteiger partial charge < -0.3 is 19.1 Å². The molecule has 2 heterocycles.